The molecule has 2 rings (SSSR count). The number of aryl methyl sites for hydroxylation is 1. The summed E-state index contributed by atoms with van der Waals surface area (Å²) >= 11 is 5.89. The Morgan fingerprint density at radius 2 is 2.00 bits per heavy atom. The summed E-state index contributed by atoms with van der Waals surface area (Å²) in [5.74, 6) is -0.150. The summed E-state index contributed by atoms with van der Waals surface area (Å²) in [6, 6.07) is 7.57. The third-order valence-electron chi connectivity index (χ3n) is 3.70. The molecular weight excluding hydrogens is 314 g/mol. The molecule has 0 bridgehead atoms. The second kappa shape index (κ2) is 7.62. The highest BCUT2D eigenvalue weighted by Crippen LogP contribution is 2.16. The van der Waals surface area contributed by atoms with Crippen LogP contribution in [0.1, 0.15) is 40.7 Å². The zero-order chi connectivity index (χ0) is 17.0. The van der Waals surface area contributed by atoms with Crippen LogP contribution >= 0.6 is 11.6 Å². The number of amides is 1. The predicted molar refractivity (Wildman–Crippen MR) is 90.9 cm³/mol. The largest absolute Gasteiger partial charge is 0.393 e. The quantitative estimate of drug-likeness (QED) is 0.853. The first-order valence-corrected chi connectivity index (χ1v) is 8.01. The Balaban J connectivity index is 2.12. The van der Waals surface area contributed by atoms with E-state index in [0.29, 0.717) is 35.8 Å². The molecule has 1 heterocycles. The molecule has 0 spiro atoms. The Labute approximate surface area is 141 Å². The summed E-state index contributed by atoms with van der Waals surface area (Å²) in [4.78, 5) is 12.3. The average molecular weight is 336 g/mol. The van der Waals surface area contributed by atoms with Crippen LogP contribution in [-0.4, -0.2) is 33.4 Å². The first kappa shape index (κ1) is 17.5. The molecule has 6 heteroatoms. The van der Waals surface area contributed by atoms with E-state index < -0.39 is 6.10 Å². The second-order valence-electron chi connectivity index (χ2n) is 5.72. The van der Waals surface area contributed by atoms with Crippen LogP contribution in [0.4, 0.5) is 0 Å². The van der Waals surface area contributed by atoms with E-state index in [-0.39, 0.29) is 5.91 Å². The van der Waals surface area contributed by atoms with Crippen LogP contribution < -0.4 is 5.32 Å². The van der Waals surface area contributed by atoms with E-state index in [1.165, 1.54) is 0 Å². The number of nitrogens with zero attached hydrogens (tertiary/aromatic N) is 2. The Kier molecular flexibility index (Phi) is 5.80. The molecule has 23 heavy (non-hydrogen) atoms. The number of aliphatic hydroxyl groups excluding tert-OH is 1. The molecule has 0 radical (unpaired) electrons. The van der Waals surface area contributed by atoms with E-state index in [4.69, 9.17) is 11.6 Å². The van der Waals surface area contributed by atoms with Gasteiger partial charge in [0.2, 0.25) is 0 Å². The Hall–Kier alpha value is -1.85. The van der Waals surface area contributed by atoms with Gasteiger partial charge in [-0.15, -0.1) is 0 Å². The molecule has 0 aliphatic rings. The van der Waals surface area contributed by atoms with Crippen molar-refractivity contribution in [3.63, 3.8) is 0 Å². The maximum atomic E-state index is 12.3. The fraction of sp³-hybridized carbons (Fsp3) is 0.412. The predicted octanol–water partition coefficient (Wildman–Crippen LogP) is 2.70. The minimum atomic E-state index is -0.426. The van der Waals surface area contributed by atoms with E-state index in [1.807, 2.05) is 42.8 Å². The zero-order valence-corrected chi connectivity index (χ0v) is 14.4. The molecular formula is C17H22ClN3O2. The molecule has 2 aromatic rings. The standard InChI is InChI=1S/C17H22ClN3O2/c1-11(22)8-9-19-17(23)16-12(2)20-21(13(16)3)10-14-4-6-15(18)7-5-14/h4-7,11,22H,8-10H2,1-3H3,(H,19,23). The highest BCUT2D eigenvalue weighted by atomic mass is 35.5. The van der Waals surface area contributed by atoms with Crippen molar-refractivity contribution in [1.29, 1.82) is 0 Å². The van der Waals surface area contributed by atoms with Gasteiger partial charge >= 0.3 is 0 Å². The van der Waals surface area contributed by atoms with Gasteiger partial charge in [-0.05, 0) is 44.9 Å². The third kappa shape index (κ3) is 4.56. The lowest BCUT2D eigenvalue weighted by Gasteiger charge is -2.08. The lowest BCUT2D eigenvalue weighted by molar-refractivity contribution is 0.0944. The molecule has 0 saturated carbocycles. The topological polar surface area (TPSA) is 67.2 Å². The Morgan fingerprint density at radius 3 is 2.61 bits per heavy atom. The summed E-state index contributed by atoms with van der Waals surface area (Å²) in [6.45, 7) is 6.45. The van der Waals surface area contributed by atoms with Crippen LogP contribution in [0.25, 0.3) is 0 Å². The SMILES string of the molecule is Cc1nn(Cc2ccc(Cl)cc2)c(C)c1C(=O)NCCC(C)O. The minimum Gasteiger partial charge on any atom is -0.393 e. The van der Waals surface area contributed by atoms with Crippen molar-refractivity contribution in [2.45, 2.75) is 39.8 Å². The number of carbonyl (C=O) groups is 1. The van der Waals surface area contributed by atoms with Gasteiger partial charge in [-0.25, -0.2) is 0 Å². The van der Waals surface area contributed by atoms with Gasteiger partial charge in [0.1, 0.15) is 0 Å². The van der Waals surface area contributed by atoms with Gasteiger partial charge in [0, 0.05) is 17.3 Å². The maximum absolute atomic E-state index is 12.3. The van der Waals surface area contributed by atoms with Crippen LogP contribution in [0.2, 0.25) is 5.02 Å². The molecule has 1 amide bonds. The number of hydrogen-bond donors (Lipinski definition) is 2. The lowest BCUT2D eigenvalue weighted by atomic mass is 10.1. The van der Waals surface area contributed by atoms with Crippen molar-refractivity contribution in [3.8, 4) is 0 Å². The van der Waals surface area contributed by atoms with Crippen molar-refractivity contribution in [1.82, 2.24) is 15.1 Å². The lowest BCUT2D eigenvalue weighted by Crippen LogP contribution is -2.27. The van der Waals surface area contributed by atoms with Crippen molar-refractivity contribution in [3.05, 3.63) is 51.8 Å². The third-order valence-corrected chi connectivity index (χ3v) is 3.95. The monoisotopic (exact) mass is 335 g/mol. The molecule has 1 unspecified atom stereocenters. The Morgan fingerprint density at radius 1 is 1.35 bits per heavy atom. The van der Waals surface area contributed by atoms with Crippen molar-refractivity contribution in [2.24, 2.45) is 0 Å². The van der Waals surface area contributed by atoms with Gasteiger partial charge in [0.15, 0.2) is 0 Å². The van der Waals surface area contributed by atoms with Crippen molar-refractivity contribution in [2.75, 3.05) is 6.54 Å². The normalized spacial score (nSPS) is 12.2. The fourth-order valence-corrected chi connectivity index (χ4v) is 2.55. The molecule has 1 aromatic heterocycles. The molecule has 0 aliphatic heterocycles. The number of halogens is 1. The maximum Gasteiger partial charge on any atom is 0.255 e. The van der Waals surface area contributed by atoms with E-state index in [1.54, 1.807) is 6.92 Å². The number of nitrogens with one attached hydrogen (secondary N) is 1. The molecule has 124 valence electrons. The van der Waals surface area contributed by atoms with Gasteiger partial charge in [0.25, 0.3) is 5.91 Å². The summed E-state index contributed by atoms with van der Waals surface area (Å²) < 4.78 is 1.82. The molecule has 0 saturated heterocycles. The Bertz CT molecular complexity index is 678. The minimum absolute atomic E-state index is 0.150. The van der Waals surface area contributed by atoms with E-state index in [9.17, 15) is 9.90 Å². The number of aromatic nitrogens is 2. The molecule has 2 N–H and O–H groups in total. The summed E-state index contributed by atoms with van der Waals surface area (Å²) in [7, 11) is 0. The first-order chi connectivity index (χ1) is 10.9. The summed E-state index contributed by atoms with van der Waals surface area (Å²) in [6.07, 6.45) is 0.105. The van der Waals surface area contributed by atoms with Crippen LogP contribution in [0.5, 0.6) is 0 Å². The smallest absolute Gasteiger partial charge is 0.255 e. The van der Waals surface area contributed by atoms with Gasteiger partial charge in [-0.3, -0.25) is 9.48 Å². The first-order valence-electron chi connectivity index (χ1n) is 7.63. The van der Waals surface area contributed by atoms with Crippen LogP contribution in [0, 0.1) is 13.8 Å². The number of carbonyl (C=O) groups excluding carboxylic acids is 1. The van der Waals surface area contributed by atoms with Gasteiger partial charge in [-0.2, -0.15) is 5.10 Å². The van der Waals surface area contributed by atoms with E-state index in [0.717, 1.165) is 11.3 Å². The van der Waals surface area contributed by atoms with Gasteiger partial charge in [0.05, 0.1) is 23.9 Å². The van der Waals surface area contributed by atoms with Gasteiger partial charge in [-0.1, -0.05) is 23.7 Å². The highest BCUT2D eigenvalue weighted by molar-refractivity contribution is 6.30. The fourth-order valence-electron chi connectivity index (χ4n) is 2.43. The van der Waals surface area contributed by atoms with E-state index >= 15 is 0 Å². The van der Waals surface area contributed by atoms with Gasteiger partial charge < -0.3 is 10.4 Å². The molecule has 0 aliphatic carbocycles. The molecule has 5 nitrogen and oxygen atoms in total. The summed E-state index contributed by atoms with van der Waals surface area (Å²) in [5, 5.41) is 17.2. The van der Waals surface area contributed by atoms with E-state index in [2.05, 4.69) is 10.4 Å². The molecule has 1 aromatic carbocycles. The van der Waals surface area contributed by atoms with Crippen molar-refractivity contribution >= 4 is 17.5 Å². The van der Waals surface area contributed by atoms with Crippen LogP contribution in [0.15, 0.2) is 24.3 Å². The average Bonchev–Trinajstić information content (AvgIpc) is 2.75. The highest BCUT2D eigenvalue weighted by Gasteiger charge is 2.18. The molecule has 1 atom stereocenters. The summed E-state index contributed by atoms with van der Waals surface area (Å²) in [5.41, 5.74) is 3.20. The van der Waals surface area contributed by atoms with Crippen LogP contribution in [0.3, 0.4) is 0 Å². The number of hydrogen-bond acceptors (Lipinski definition) is 3. The second-order valence-corrected chi connectivity index (χ2v) is 6.16. The molecule has 0 fully saturated rings. The van der Waals surface area contributed by atoms with Crippen molar-refractivity contribution < 1.29 is 9.90 Å². The van der Waals surface area contributed by atoms with Crippen LogP contribution in [-0.2, 0) is 6.54 Å². The number of benzene rings is 1. The number of aliphatic hydroxyl groups is 1. The number of rotatable bonds is 6. The zero-order valence-electron chi connectivity index (χ0n) is 13.6.